The first-order chi connectivity index (χ1) is 12.9. The van der Waals surface area contributed by atoms with E-state index in [-0.39, 0.29) is 17.2 Å². The molecule has 7 nitrogen and oxygen atoms in total. The van der Waals surface area contributed by atoms with E-state index >= 15 is 0 Å². The zero-order chi connectivity index (χ0) is 20.9. The summed E-state index contributed by atoms with van der Waals surface area (Å²) in [6, 6.07) is 7.09. The molecule has 2 aromatic rings. The second kappa shape index (κ2) is 6.74. The van der Waals surface area contributed by atoms with E-state index in [1.807, 2.05) is 0 Å². The van der Waals surface area contributed by atoms with E-state index in [0.29, 0.717) is 16.7 Å². The monoisotopic (exact) mass is 402 g/mol. The van der Waals surface area contributed by atoms with E-state index in [4.69, 9.17) is 16.3 Å². The van der Waals surface area contributed by atoms with Gasteiger partial charge in [0.15, 0.2) is 11.6 Å². The number of halogens is 1. The van der Waals surface area contributed by atoms with Crippen molar-refractivity contribution in [2.45, 2.75) is 40.2 Å². The molecule has 8 heteroatoms. The lowest BCUT2D eigenvalue weighted by Crippen LogP contribution is -2.40. The molecule has 2 heterocycles. The van der Waals surface area contributed by atoms with Gasteiger partial charge in [-0.25, -0.2) is 9.67 Å². The Morgan fingerprint density at radius 3 is 2.39 bits per heavy atom. The number of rotatable bonds is 3. The Labute approximate surface area is 168 Å². The Balaban J connectivity index is 2.10. The number of nitrogens with one attached hydrogen (secondary N) is 1. The number of nitrogens with zero attached hydrogens (tertiary/aromatic N) is 3. The van der Waals surface area contributed by atoms with Crippen molar-refractivity contribution >= 4 is 29.1 Å². The van der Waals surface area contributed by atoms with Gasteiger partial charge in [-0.15, -0.1) is 0 Å². The van der Waals surface area contributed by atoms with Crippen molar-refractivity contribution in [3.63, 3.8) is 0 Å². The van der Waals surface area contributed by atoms with Crippen LogP contribution in [0.15, 0.2) is 30.0 Å². The van der Waals surface area contributed by atoms with Gasteiger partial charge in [0.2, 0.25) is 0 Å². The molecule has 0 saturated heterocycles. The lowest BCUT2D eigenvalue weighted by molar-refractivity contribution is -0.149. The number of carbonyl (C=O) groups excluding carboxylic acids is 2. The number of hydrogen-bond acceptors (Lipinski definition) is 5. The molecule has 1 aliphatic rings. The van der Waals surface area contributed by atoms with Gasteiger partial charge in [-0.2, -0.15) is 5.10 Å². The van der Waals surface area contributed by atoms with E-state index in [0.717, 1.165) is 5.56 Å². The predicted octanol–water partition coefficient (Wildman–Crippen LogP) is 3.34. The third-order valence-corrected chi connectivity index (χ3v) is 4.60. The number of ether oxygens (including phenoxy) is 1. The molecule has 1 N–H and O–H groups in total. The van der Waals surface area contributed by atoms with Crippen LogP contribution in [-0.4, -0.2) is 32.2 Å². The molecule has 0 unspecified atom stereocenters. The minimum absolute atomic E-state index is 0.206. The van der Waals surface area contributed by atoms with Crippen LogP contribution in [0.5, 0.6) is 0 Å². The highest BCUT2D eigenvalue weighted by molar-refractivity contribution is 6.30. The maximum absolute atomic E-state index is 12.7. The van der Waals surface area contributed by atoms with Crippen LogP contribution in [0.2, 0.25) is 5.02 Å². The summed E-state index contributed by atoms with van der Waals surface area (Å²) < 4.78 is 7.18. The SMILES string of the molecule is Cn1nc(-c2ccc(Cl)cc2)nc1C1=C(OC(=O)C(C)(C)C)C(C)(C)NC1=O. The summed E-state index contributed by atoms with van der Waals surface area (Å²) in [7, 11) is 1.69. The normalized spacial score (nSPS) is 16.3. The van der Waals surface area contributed by atoms with Crippen molar-refractivity contribution in [2.75, 3.05) is 0 Å². The number of amides is 1. The van der Waals surface area contributed by atoms with Crippen LogP contribution in [0.1, 0.15) is 40.4 Å². The fourth-order valence-electron chi connectivity index (χ4n) is 2.77. The van der Waals surface area contributed by atoms with Crippen molar-refractivity contribution in [3.8, 4) is 11.4 Å². The molecule has 0 radical (unpaired) electrons. The molecule has 0 atom stereocenters. The molecule has 3 rings (SSSR count). The summed E-state index contributed by atoms with van der Waals surface area (Å²) in [4.78, 5) is 29.7. The van der Waals surface area contributed by atoms with Crippen molar-refractivity contribution in [1.29, 1.82) is 0 Å². The Hall–Kier alpha value is -2.67. The molecule has 148 valence electrons. The topological polar surface area (TPSA) is 86.1 Å². The number of benzene rings is 1. The molecule has 1 aliphatic heterocycles. The maximum atomic E-state index is 12.7. The van der Waals surface area contributed by atoms with Crippen molar-refractivity contribution < 1.29 is 14.3 Å². The van der Waals surface area contributed by atoms with Gasteiger partial charge in [0, 0.05) is 17.6 Å². The summed E-state index contributed by atoms with van der Waals surface area (Å²) in [5, 5.41) is 7.86. The first kappa shape index (κ1) is 20.1. The van der Waals surface area contributed by atoms with Crippen molar-refractivity contribution in [2.24, 2.45) is 12.5 Å². The largest absolute Gasteiger partial charge is 0.427 e. The second-order valence-corrected chi connectivity index (χ2v) is 8.75. The van der Waals surface area contributed by atoms with Crippen LogP contribution >= 0.6 is 11.6 Å². The second-order valence-electron chi connectivity index (χ2n) is 8.31. The number of hydrogen-bond donors (Lipinski definition) is 1. The Morgan fingerprint density at radius 1 is 1.21 bits per heavy atom. The van der Waals surface area contributed by atoms with Gasteiger partial charge in [0.05, 0.1) is 11.0 Å². The lowest BCUT2D eigenvalue weighted by Gasteiger charge is -2.25. The van der Waals surface area contributed by atoms with Crippen LogP contribution < -0.4 is 5.32 Å². The quantitative estimate of drug-likeness (QED) is 0.795. The smallest absolute Gasteiger partial charge is 0.316 e. The highest BCUT2D eigenvalue weighted by Crippen LogP contribution is 2.35. The fourth-order valence-corrected chi connectivity index (χ4v) is 2.90. The molecular weight excluding hydrogens is 380 g/mol. The molecule has 1 amide bonds. The first-order valence-corrected chi connectivity index (χ1v) is 9.25. The van der Waals surface area contributed by atoms with Gasteiger partial charge >= 0.3 is 5.97 Å². The molecule has 0 fully saturated rings. The number of carbonyl (C=O) groups is 2. The van der Waals surface area contributed by atoms with E-state index in [2.05, 4.69) is 15.4 Å². The van der Waals surface area contributed by atoms with Crippen LogP contribution in [-0.2, 0) is 21.4 Å². The number of esters is 1. The number of aromatic nitrogens is 3. The van der Waals surface area contributed by atoms with E-state index < -0.39 is 16.9 Å². The average molecular weight is 403 g/mol. The zero-order valence-electron chi connectivity index (χ0n) is 16.8. The minimum Gasteiger partial charge on any atom is -0.427 e. The predicted molar refractivity (Wildman–Crippen MR) is 106 cm³/mol. The Kier molecular flexibility index (Phi) is 4.83. The molecule has 1 aromatic heterocycles. The highest BCUT2D eigenvalue weighted by Gasteiger charge is 2.44. The summed E-state index contributed by atoms with van der Waals surface area (Å²) in [5.74, 6) is 0.227. The van der Waals surface area contributed by atoms with Crippen LogP contribution in [0.25, 0.3) is 17.0 Å². The third-order valence-electron chi connectivity index (χ3n) is 4.34. The van der Waals surface area contributed by atoms with Crippen LogP contribution in [0.3, 0.4) is 0 Å². The van der Waals surface area contributed by atoms with Crippen molar-refractivity contribution in [3.05, 3.63) is 40.9 Å². The third kappa shape index (κ3) is 3.67. The summed E-state index contributed by atoms with van der Waals surface area (Å²) >= 11 is 5.94. The summed E-state index contributed by atoms with van der Waals surface area (Å²) in [6.07, 6.45) is 0. The molecule has 0 aliphatic carbocycles. The molecule has 28 heavy (non-hydrogen) atoms. The van der Waals surface area contributed by atoms with Gasteiger partial charge in [0.1, 0.15) is 11.3 Å². The van der Waals surface area contributed by atoms with E-state index in [1.165, 1.54) is 4.68 Å². The Bertz CT molecular complexity index is 982. The van der Waals surface area contributed by atoms with Crippen molar-refractivity contribution in [1.82, 2.24) is 20.1 Å². The molecular formula is C20H23ClN4O3. The van der Waals surface area contributed by atoms with E-state index in [9.17, 15) is 9.59 Å². The molecule has 1 aromatic carbocycles. The average Bonchev–Trinajstić information content (AvgIpc) is 3.04. The lowest BCUT2D eigenvalue weighted by atomic mass is 9.96. The van der Waals surface area contributed by atoms with Crippen LogP contribution in [0, 0.1) is 5.41 Å². The van der Waals surface area contributed by atoms with Crippen LogP contribution in [0.4, 0.5) is 0 Å². The maximum Gasteiger partial charge on any atom is 0.316 e. The fraction of sp³-hybridized carbons (Fsp3) is 0.400. The molecule has 0 saturated carbocycles. The van der Waals surface area contributed by atoms with Gasteiger partial charge in [-0.3, -0.25) is 9.59 Å². The minimum atomic E-state index is -0.848. The number of aryl methyl sites for hydroxylation is 1. The van der Waals surface area contributed by atoms with Gasteiger partial charge in [-0.1, -0.05) is 11.6 Å². The summed E-state index contributed by atoms with van der Waals surface area (Å²) in [5.41, 5.74) is -0.593. The Morgan fingerprint density at radius 2 is 1.82 bits per heavy atom. The molecule has 0 spiro atoms. The molecule has 0 bridgehead atoms. The zero-order valence-corrected chi connectivity index (χ0v) is 17.5. The highest BCUT2D eigenvalue weighted by atomic mass is 35.5. The van der Waals surface area contributed by atoms with E-state index in [1.54, 1.807) is 65.9 Å². The van der Waals surface area contributed by atoms with Gasteiger partial charge in [-0.05, 0) is 58.9 Å². The first-order valence-electron chi connectivity index (χ1n) is 8.87. The standard InChI is InChI=1S/C20H23ClN4O3/c1-19(2,3)18(27)28-14-13(17(26)23-20(14,4)5)16-22-15(24-25(16)6)11-7-9-12(21)10-8-11/h7-10H,1-6H3,(H,23,26). The summed E-state index contributed by atoms with van der Waals surface area (Å²) in [6.45, 7) is 8.83. The van der Waals surface area contributed by atoms with Gasteiger partial charge < -0.3 is 10.1 Å². The van der Waals surface area contributed by atoms with Gasteiger partial charge in [0.25, 0.3) is 5.91 Å².